The zero-order valence-corrected chi connectivity index (χ0v) is 15.3. The zero-order valence-electron chi connectivity index (χ0n) is 12.9. The third-order valence-electron chi connectivity index (χ3n) is 3.65. The number of aromatic nitrogens is 1. The molecule has 6 nitrogen and oxygen atoms in total. The molecule has 2 aromatic carbocycles. The van der Waals surface area contributed by atoms with E-state index in [1.807, 2.05) is 5.32 Å². The monoisotopic (exact) mass is 444 g/mol. The minimum absolute atomic E-state index is 0.0495. The van der Waals surface area contributed by atoms with Crippen LogP contribution >= 0.6 is 15.9 Å². The Bertz CT molecular complexity index is 1110. The van der Waals surface area contributed by atoms with Gasteiger partial charge in [0, 0.05) is 21.6 Å². The number of amides is 1. The summed E-state index contributed by atoms with van der Waals surface area (Å²) in [6, 6.07) is 9.84. The molecule has 10 heteroatoms. The second-order valence-corrected chi connectivity index (χ2v) is 8.00. The van der Waals surface area contributed by atoms with Gasteiger partial charge < -0.3 is 5.11 Å². The number of nitrogens with zero attached hydrogens (tertiary/aromatic N) is 1. The number of hydrogen-bond acceptors (Lipinski definition) is 3. The molecule has 0 saturated carbocycles. The minimum atomic E-state index is -4.17. The van der Waals surface area contributed by atoms with Crippen LogP contribution in [-0.2, 0) is 10.0 Å². The largest absolute Gasteiger partial charge is 0.465 e. The number of benzene rings is 2. The van der Waals surface area contributed by atoms with Crippen molar-refractivity contribution in [2.45, 2.75) is 11.3 Å². The Labute approximate surface area is 155 Å². The second-order valence-electron chi connectivity index (χ2n) is 5.27. The van der Waals surface area contributed by atoms with Crippen molar-refractivity contribution in [3.8, 4) is 0 Å². The number of alkyl halides is 2. The molecule has 0 atom stereocenters. The molecule has 0 bridgehead atoms. The first-order valence-electron chi connectivity index (χ1n) is 7.15. The van der Waals surface area contributed by atoms with Gasteiger partial charge >= 0.3 is 6.09 Å². The number of anilines is 1. The zero-order chi connectivity index (χ0) is 19.1. The van der Waals surface area contributed by atoms with Crippen molar-refractivity contribution in [2.24, 2.45) is 0 Å². The Morgan fingerprint density at radius 3 is 2.50 bits per heavy atom. The Morgan fingerprint density at radius 2 is 1.88 bits per heavy atom. The van der Waals surface area contributed by atoms with Crippen molar-refractivity contribution in [1.29, 1.82) is 0 Å². The predicted octanol–water partition coefficient (Wildman–Crippen LogP) is 4.67. The molecule has 3 rings (SSSR count). The van der Waals surface area contributed by atoms with E-state index in [9.17, 15) is 22.0 Å². The Hall–Kier alpha value is -2.46. The summed E-state index contributed by atoms with van der Waals surface area (Å²) in [5.74, 6) is 0. The smallest absolute Gasteiger partial charge is 0.409 e. The van der Waals surface area contributed by atoms with Crippen LogP contribution in [0.15, 0.2) is 58.0 Å². The third kappa shape index (κ3) is 3.17. The maximum absolute atomic E-state index is 13.5. The molecule has 2 N–H and O–H groups in total. The van der Waals surface area contributed by atoms with Crippen LogP contribution in [0.5, 0.6) is 0 Å². The molecular weight excluding hydrogens is 434 g/mol. The summed E-state index contributed by atoms with van der Waals surface area (Å²) >= 11 is 3.18. The van der Waals surface area contributed by atoms with Gasteiger partial charge in [0.15, 0.2) is 0 Å². The lowest BCUT2D eigenvalue weighted by Crippen LogP contribution is -2.12. The molecule has 0 aliphatic rings. The van der Waals surface area contributed by atoms with Crippen molar-refractivity contribution in [2.75, 3.05) is 5.32 Å². The van der Waals surface area contributed by atoms with Crippen LogP contribution in [0.4, 0.5) is 19.3 Å². The second kappa shape index (κ2) is 6.69. The van der Waals surface area contributed by atoms with Gasteiger partial charge in [0.25, 0.3) is 16.4 Å². The van der Waals surface area contributed by atoms with Gasteiger partial charge in [-0.1, -0.05) is 28.1 Å². The van der Waals surface area contributed by atoms with Gasteiger partial charge in [-0.3, -0.25) is 5.32 Å². The molecule has 0 radical (unpaired) electrons. The maximum atomic E-state index is 13.5. The normalized spacial score (nSPS) is 11.8. The fourth-order valence-electron chi connectivity index (χ4n) is 2.61. The Balaban J connectivity index is 2.33. The number of carboxylic acid groups (broad SMARTS) is 1. The number of hydrogen-bond donors (Lipinski definition) is 2. The molecular formula is C16H11BrF2N2O4S. The highest BCUT2D eigenvalue weighted by atomic mass is 79.9. The molecule has 0 aliphatic heterocycles. The van der Waals surface area contributed by atoms with E-state index in [0.717, 1.165) is 10.2 Å². The van der Waals surface area contributed by atoms with Crippen LogP contribution in [-0.4, -0.2) is 23.6 Å². The first-order chi connectivity index (χ1) is 12.2. The molecule has 0 unspecified atom stereocenters. The summed E-state index contributed by atoms with van der Waals surface area (Å²) in [5, 5.41) is 10.8. The highest BCUT2D eigenvalue weighted by molar-refractivity contribution is 9.10. The average Bonchev–Trinajstić information content (AvgIpc) is 2.96. The van der Waals surface area contributed by atoms with E-state index in [1.165, 1.54) is 36.4 Å². The van der Waals surface area contributed by atoms with Gasteiger partial charge in [-0.15, -0.1) is 0 Å². The van der Waals surface area contributed by atoms with Crippen molar-refractivity contribution in [3.05, 3.63) is 58.7 Å². The quantitative estimate of drug-likeness (QED) is 0.611. The number of nitrogens with one attached hydrogen (secondary N) is 1. The fraction of sp³-hybridized carbons (Fsp3) is 0.0625. The molecule has 0 fully saturated rings. The van der Waals surface area contributed by atoms with Crippen LogP contribution in [0.2, 0.25) is 0 Å². The lowest BCUT2D eigenvalue weighted by Gasteiger charge is -2.09. The van der Waals surface area contributed by atoms with Crippen molar-refractivity contribution in [1.82, 2.24) is 3.97 Å². The van der Waals surface area contributed by atoms with E-state index in [0.29, 0.717) is 4.47 Å². The summed E-state index contributed by atoms with van der Waals surface area (Å²) in [6.07, 6.45) is -3.62. The summed E-state index contributed by atoms with van der Waals surface area (Å²) in [6.45, 7) is 0. The van der Waals surface area contributed by atoms with Crippen molar-refractivity contribution < 1.29 is 27.1 Å². The first-order valence-corrected chi connectivity index (χ1v) is 9.38. The van der Waals surface area contributed by atoms with Crippen LogP contribution in [0.25, 0.3) is 10.9 Å². The SMILES string of the molecule is O=C(O)Nc1cccc2c1c(C(F)F)cn2S(=O)(=O)c1cccc(Br)c1. The standard InChI is InChI=1S/C16H11BrF2N2O4S/c17-9-3-1-4-10(7-9)26(24,25)21-8-11(15(18)19)14-12(20-16(22)23)5-2-6-13(14)21/h1-8,15,20H,(H,22,23). The van der Waals surface area contributed by atoms with Crippen LogP contribution < -0.4 is 5.32 Å². The van der Waals surface area contributed by atoms with Gasteiger partial charge in [-0.2, -0.15) is 0 Å². The van der Waals surface area contributed by atoms with Gasteiger partial charge in [0.2, 0.25) is 0 Å². The fourth-order valence-corrected chi connectivity index (χ4v) is 4.58. The van der Waals surface area contributed by atoms with Crippen molar-refractivity contribution >= 4 is 48.6 Å². The molecule has 3 aromatic rings. The molecule has 1 aromatic heterocycles. The Morgan fingerprint density at radius 1 is 1.19 bits per heavy atom. The summed E-state index contributed by atoms with van der Waals surface area (Å²) in [7, 11) is -4.17. The van der Waals surface area contributed by atoms with Crippen LogP contribution in [0.1, 0.15) is 12.0 Å². The van der Waals surface area contributed by atoms with Gasteiger partial charge in [-0.25, -0.2) is 26.0 Å². The van der Waals surface area contributed by atoms with E-state index in [1.54, 1.807) is 6.07 Å². The molecule has 1 amide bonds. The van der Waals surface area contributed by atoms with E-state index in [4.69, 9.17) is 5.11 Å². The lowest BCUT2D eigenvalue weighted by molar-refractivity contribution is 0.153. The predicted molar refractivity (Wildman–Crippen MR) is 95.3 cm³/mol. The molecule has 0 spiro atoms. The molecule has 1 heterocycles. The minimum Gasteiger partial charge on any atom is -0.465 e. The highest BCUT2D eigenvalue weighted by Gasteiger charge is 2.26. The molecule has 136 valence electrons. The average molecular weight is 445 g/mol. The van der Waals surface area contributed by atoms with Crippen LogP contribution in [0.3, 0.4) is 0 Å². The topological polar surface area (TPSA) is 88.4 Å². The van der Waals surface area contributed by atoms with E-state index in [2.05, 4.69) is 15.9 Å². The molecule has 26 heavy (non-hydrogen) atoms. The first kappa shape index (κ1) is 18.3. The van der Waals surface area contributed by atoms with E-state index >= 15 is 0 Å². The maximum Gasteiger partial charge on any atom is 0.409 e. The van der Waals surface area contributed by atoms with Crippen molar-refractivity contribution in [3.63, 3.8) is 0 Å². The van der Waals surface area contributed by atoms with Gasteiger partial charge in [0.05, 0.1) is 16.1 Å². The van der Waals surface area contributed by atoms with E-state index in [-0.39, 0.29) is 21.5 Å². The summed E-state index contributed by atoms with van der Waals surface area (Å²) in [5.41, 5.74) is -0.747. The number of rotatable bonds is 4. The van der Waals surface area contributed by atoms with Gasteiger partial charge in [-0.05, 0) is 30.3 Å². The van der Waals surface area contributed by atoms with Gasteiger partial charge in [0.1, 0.15) is 0 Å². The summed E-state index contributed by atoms with van der Waals surface area (Å²) in [4.78, 5) is 10.8. The van der Waals surface area contributed by atoms with E-state index < -0.39 is 28.1 Å². The number of halogens is 3. The number of carbonyl (C=O) groups is 1. The lowest BCUT2D eigenvalue weighted by atomic mass is 10.1. The Kier molecular flexibility index (Phi) is 4.72. The molecule has 0 saturated heterocycles. The highest BCUT2D eigenvalue weighted by Crippen LogP contribution is 2.36. The number of fused-ring (bicyclic) bond motifs is 1. The summed E-state index contributed by atoms with van der Waals surface area (Å²) < 4.78 is 54.1. The molecule has 0 aliphatic carbocycles. The van der Waals surface area contributed by atoms with Crippen LogP contribution in [0, 0.1) is 0 Å². The third-order valence-corrected chi connectivity index (χ3v) is 5.82.